The summed E-state index contributed by atoms with van der Waals surface area (Å²) < 4.78 is 0. The van der Waals surface area contributed by atoms with Crippen LogP contribution in [-0.4, -0.2) is 47.1 Å². The number of aromatic nitrogens is 2. The lowest BCUT2D eigenvalue weighted by atomic mass is 10.2. The van der Waals surface area contributed by atoms with Crippen LogP contribution in [0.4, 0.5) is 5.82 Å². The molecule has 1 unspecified atom stereocenters. The molecular weight excluding hydrogens is 272 g/mol. The molecule has 5 heteroatoms. The second-order valence-corrected chi connectivity index (χ2v) is 5.70. The molecule has 1 aliphatic rings. The van der Waals surface area contributed by atoms with Crippen molar-refractivity contribution < 1.29 is 0 Å². The number of hydrogen-bond donors (Lipinski definition) is 0. The maximum Gasteiger partial charge on any atom is 0.137 e. The molecule has 0 amide bonds. The molecule has 0 N–H and O–H groups in total. The Bertz CT molecular complexity index is 459. The van der Waals surface area contributed by atoms with Crippen molar-refractivity contribution in [3.05, 3.63) is 16.5 Å². The fraction of sp³-hybridized carbons (Fsp3) is 0.733. The van der Waals surface area contributed by atoms with Gasteiger partial charge >= 0.3 is 0 Å². The van der Waals surface area contributed by atoms with Crippen LogP contribution >= 0.6 is 11.6 Å². The van der Waals surface area contributed by atoms with Gasteiger partial charge in [-0.2, -0.15) is 0 Å². The van der Waals surface area contributed by atoms with E-state index >= 15 is 0 Å². The third-order valence-corrected chi connectivity index (χ3v) is 4.58. The molecule has 1 aromatic heterocycles. The van der Waals surface area contributed by atoms with Gasteiger partial charge < -0.3 is 4.90 Å². The number of anilines is 1. The minimum atomic E-state index is 0.595. The SMILES string of the molecule is CCc1nc(Cl)c(C)c(N2CCC(N(CC)CC)C2)n1. The van der Waals surface area contributed by atoms with Gasteiger partial charge in [0.2, 0.25) is 0 Å². The zero-order valence-electron chi connectivity index (χ0n) is 13.0. The van der Waals surface area contributed by atoms with E-state index in [1.807, 2.05) is 6.92 Å². The van der Waals surface area contributed by atoms with Crippen LogP contribution in [0.15, 0.2) is 0 Å². The van der Waals surface area contributed by atoms with Crippen molar-refractivity contribution in [2.75, 3.05) is 31.1 Å². The summed E-state index contributed by atoms with van der Waals surface area (Å²) in [6.45, 7) is 12.9. The Morgan fingerprint density at radius 2 is 1.95 bits per heavy atom. The summed E-state index contributed by atoms with van der Waals surface area (Å²) >= 11 is 6.24. The number of nitrogens with zero attached hydrogens (tertiary/aromatic N) is 4. The van der Waals surface area contributed by atoms with Gasteiger partial charge in [0.25, 0.3) is 0 Å². The smallest absolute Gasteiger partial charge is 0.137 e. The average molecular weight is 297 g/mol. The summed E-state index contributed by atoms with van der Waals surface area (Å²) in [5.41, 5.74) is 1.00. The Hall–Kier alpha value is -0.870. The molecule has 1 atom stereocenters. The van der Waals surface area contributed by atoms with Crippen LogP contribution < -0.4 is 4.90 Å². The molecule has 0 saturated carbocycles. The second kappa shape index (κ2) is 6.72. The number of rotatable bonds is 5. The lowest BCUT2D eigenvalue weighted by Gasteiger charge is -2.27. The van der Waals surface area contributed by atoms with Gasteiger partial charge in [-0.3, -0.25) is 4.90 Å². The van der Waals surface area contributed by atoms with Gasteiger partial charge in [0.15, 0.2) is 0 Å². The Balaban J connectivity index is 2.19. The first kappa shape index (κ1) is 15.5. The molecule has 112 valence electrons. The van der Waals surface area contributed by atoms with Gasteiger partial charge in [-0.05, 0) is 26.4 Å². The first-order valence-corrected chi connectivity index (χ1v) is 8.00. The third kappa shape index (κ3) is 3.07. The molecule has 0 radical (unpaired) electrons. The molecule has 2 heterocycles. The van der Waals surface area contributed by atoms with Gasteiger partial charge in [0, 0.05) is 31.1 Å². The van der Waals surface area contributed by atoms with E-state index in [1.54, 1.807) is 0 Å². The first-order valence-electron chi connectivity index (χ1n) is 7.62. The Morgan fingerprint density at radius 3 is 2.55 bits per heavy atom. The molecular formula is C15H25ClN4. The molecule has 1 aromatic rings. The Morgan fingerprint density at radius 1 is 1.25 bits per heavy atom. The van der Waals surface area contributed by atoms with E-state index in [0.717, 1.165) is 49.8 Å². The molecule has 1 aliphatic heterocycles. The summed E-state index contributed by atoms with van der Waals surface area (Å²) in [5, 5.41) is 0.595. The number of aryl methyl sites for hydroxylation is 1. The minimum Gasteiger partial charge on any atom is -0.355 e. The first-order chi connectivity index (χ1) is 9.60. The predicted molar refractivity (Wildman–Crippen MR) is 84.7 cm³/mol. The Kier molecular flexibility index (Phi) is 5.22. The van der Waals surface area contributed by atoms with E-state index in [9.17, 15) is 0 Å². The highest BCUT2D eigenvalue weighted by atomic mass is 35.5. The van der Waals surface area contributed by atoms with Gasteiger partial charge in [-0.1, -0.05) is 32.4 Å². The lowest BCUT2D eigenvalue weighted by Crippen LogP contribution is -2.37. The van der Waals surface area contributed by atoms with E-state index in [0.29, 0.717) is 11.2 Å². The number of halogens is 1. The van der Waals surface area contributed by atoms with E-state index in [2.05, 4.69) is 35.6 Å². The third-order valence-electron chi connectivity index (χ3n) is 4.21. The van der Waals surface area contributed by atoms with Crippen molar-refractivity contribution in [2.45, 2.75) is 46.6 Å². The highest BCUT2D eigenvalue weighted by molar-refractivity contribution is 6.30. The van der Waals surface area contributed by atoms with Gasteiger partial charge in [-0.15, -0.1) is 0 Å². The van der Waals surface area contributed by atoms with Crippen LogP contribution in [0.3, 0.4) is 0 Å². The molecule has 0 bridgehead atoms. The standard InChI is InChI=1S/C15H25ClN4/c1-5-13-17-14(16)11(4)15(18-13)20-9-8-12(10-20)19(6-2)7-3/h12H,5-10H2,1-4H3. The van der Waals surface area contributed by atoms with Crippen molar-refractivity contribution in [3.63, 3.8) is 0 Å². The monoisotopic (exact) mass is 296 g/mol. The van der Waals surface area contributed by atoms with Gasteiger partial charge in [-0.25, -0.2) is 9.97 Å². The van der Waals surface area contributed by atoms with Crippen LogP contribution in [-0.2, 0) is 6.42 Å². The van der Waals surface area contributed by atoms with Gasteiger partial charge in [0.1, 0.15) is 16.8 Å². The Labute approximate surface area is 127 Å². The fourth-order valence-electron chi connectivity index (χ4n) is 2.96. The van der Waals surface area contributed by atoms with Crippen LogP contribution in [0.2, 0.25) is 5.15 Å². The molecule has 0 aromatic carbocycles. The molecule has 2 rings (SSSR count). The normalized spacial score (nSPS) is 19.1. The summed E-state index contributed by atoms with van der Waals surface area (Å²) in [4.78, 5) is 13.9. The van der Waals surface area contributed by atoms with Crippen LogP contribution in [0.1, 0.15) is 38.6 Å². The largest absolute Gasteiger partial charge is 0.355 e. The second-order valence-electron chi connectivity index (χ2n) is 5.34. The maximum atomic E-state index is 6.24. The predicted octanol–water partition coefficient (Wildman–Crippen LogP) is 2.92. The molecule has 0 aliphatic carbocycles. The lowest BCUT2D eigenvalue weighted by molar-refractivity contribution is 0.232. The van der Waals surface area contributed by atoms with Crippen LogP contribution in [0.5, 0.6) is 0 Å². The van der Waals surface area contributed by atoms with E-state index in [-0.39, 0.29) is 0 Å². The summed E-state index contributed by atoms with van der Waals surface area (Å²) in [5.74, 6) is 1.86. The minimum absolute atomic E-state index is 0.595. The summed E-state index contributed by atoms with van der Waals surface area (Å²) in [6.07, 6.45) is 2.02. The summed E-state index contributed by atoms with van der Waals surface area (Å²) in [6, 6.07) is 0.628. The average Bonchev–Trinajstić information content (AvgIpc) is 2.92. The molecule has 20 heavy (non-hydrogen) atoms. The topological polar surface area (TPSA) is 32.3 Å². The quantitative estimate of drug-likeness (QED) is 0.782. The fourth-order valence-corrected chi connectivity index (χ4v) is 3.14. The van der Waals surface area contributed by atoms with Crippen molar-refractivity contribution in [3.8, 4) is 0 Å². The molecule has 0 spiro atoms. The maximum absolute atomic E-state index is 6.24. The number of hydrogen-bond acceptors (Lipinski definition) is 4. The van der Waals surface area contributed by atoms with Crippen molar-refractivity contribution >= 4 is 17.4 Å². The van der Waals surface area contributed by atoms with Crippen molar-refractivity contribution in [1.82, 2.24) is 14.9 Å². The van der Waals surface area contributed by atoms with E-state index < -0.39 is 0 Å². The van der Waals surface area contributed by atoms with Crippen molar-refractivity contribution in [2.24, 2.45) is 0 Å². The molecule has 1 fully saturated rings. The van der Waals surface area contributed by atoms with Gasteiger partial charge in [0.05, 0.1) is 0 Å². The number of likely N-dealkylation sites (N-methyl/N-ethyl adjacent to an activating group) is 1. The highest BCUT2D eigenvalue weighted by Crippen LogP contribution is 2.27. The molecule has 4 nitrogen and oxygen atoms in total. The highest BCUT2D eigenvalue weighted by Gasteiger charge is 2.28. The van der Waals surface area contributed by atoms with Crippen LogP contribution in [0, 0.1) is 6.92 Å². The van der Waals surface area contributed by atoms with Crippen LogP contribution in [0.25, 0.3) is 0 Å². The van der Waals surface area contributed by atoms with Crippen molar-refractivity contribution in [1.29, 1.82) is 0 Å². The zero-order valence-corrected chi connectivity index (χ0v) is 13.7. The molecule has 1 saturated heterocycles. The van der Waals surface area contributed by atoms with E-state index in [1.165, 1.54) is 6.42 Å². The van der Waals surface area contributed by atoms with E-state index in [4.69, 9.17) is 16.6 Å². The zero-order chi connectivity index (χ0) is 14.7. The summed E-state index contributed by atoms with van der Waals surface area (Å²) in [7, 11) is 0.